The highest BCUT2D eigenvalue weighted by atomic mass is 16.5. The van der Waals surface area contributed by atoms with E-state index in [1.54, 1.807) is 0 Å². The maximum atomic E-state index is 5.61. The van der Waals surface area contributed by atoms with Crippen molar-refractivity contribution in [2.24, 2.45) is 11.8 Å². The minimum absolute atomic E-state index is 0.628. The normalized spacial score (nSPS) is 11.4. The standard InChI is InChI=1S/C17H28O/c1-14(2)5-6-16-7-9-17(10-8-16)11-12-18-13-15(3)4/h7-10,14-15H,5-6,11-13H2,1-4H3. The van der Waals surface area contributed by atoms with Gasteiger partial charge in [0, 0.05) is 6.61 Å². The molecule has 0 spiro atoms. The van der Waals surface area contributed by atoms with Crippen LogP contribution in [-0.2, 0) is 17.6 Å². The molecule has 1 nitrogen and oxygen atoms in total. The molecule has 0 unspecified atom stereocenters. The third-order valence-corrected chi connectivity index (χ3v) is 3.02. The zero-order chi connectivity index (χ0) is 13.4. The molecule has 0 amide bonds. The number of hydrogen-bond acceptors (Lipinski definition) is 1. The van der Waals surface area contributed by atoms with Gasteiger partial charge < -0.3 is 4.74 Å². The predicted molar refractivity (Wildman–Crippen MR) is 79.0 cm³/mol. The predicted octanol–water partition coefficient (Wildman–Crippen LogP) is 4.49. The maximum absolute atomic E-state index is 5.61. The van der Waals surface area contributed by atoms with Gasteiger partial charge in [0.15, 0.2) is 0 Å². The Morgan fingerprint density at radius 2 is 1.39 bits per heavy atom. The molecule has 0 aromatic heterocycles. The Bertz CT molecular complexity index is 311. The number of benzene rings is 1. The molecule has 102 valence electrons. The quantitative estimate of drug-likeness (QED) is 0.616. The van der Waals surface area contributed by atoms with E-state index in [4.69, 9.17) is 4.74 Å². The molecule has 0 N–H and O–H groups in total. The molecule has 18 heavy (non-hydrogen) atoms. The third kappa shape index (κ3) is 6.80. The Morgan fingerprint density at radius 1 is 0.833 bits per heavy atom. The molecule has 0 fully saturated rings. The summed E-state index contributed by atoms with van der Waals surface area (Å²) >= 11 is 0. The summed E-state index contributed by atoms with van der Waals surface area (Å²) in [5.74, 6) is 1.41. The fourth-order valence-corrected chi connectivity index (χ4v) is 1.84. The Labute approximate surface area is 113 Å². The largest absolute Gasteiger partial charge is 0.381 e. The van der Waals surface area contributed by atoms with Crippen LogP contribution in [0.1, 0.15) is 45.2 Å². The van der Waals surface area contributed by atoms with Crippen LogP contribution in [0.3, 0.4) is 0 Å². The molecule has 0 saturated carbocycles. The number of rotatable bonds is 8. The van der Waals surface area contributed by atoms with Crippen molar-refractivity contribution in [3.63, 3.8) is 0 Å². The summed E-state index contributed by atoms with van der Waals surface area (Å²) in [6.07, 6.45) is 3.50. The van der Waals surface area contributed by atoms with E-state index in [9.17, 15) is 0 Å². The molecule has 0 atom stereocenters. The van der Waals surface area contributed by atoms with Crippen molar-refractivity contribution in [2.75, 3.05) is 13.2 Å². The molecular weight excluding hydrogens is 220 g/mol. The van der Waals surface area contributed by atoms with Crippen molar-refractivity contribution in [3.05, 3.63) is 35.4 Å². The summed E-state index contributed by atoms with van der Waals surface area (Å²) in [5, 5.41) is 0. The first-order chi connectivity index (χ1) is 8.58. The molecule has 1 rings (SSSR count). The van der Waals surface area contributed by atoms with Gasteiger partial charge >= 0.3 is 0 Å². The van der Waals surface area contributed by atoms with E-state index >= 15 is 0 Å². The van der Waals surface area contributed by atoms with Crippen molar-refractivity contribution in [1.29, 1.82) is 0 Å². The Morgan fingerprint density at radius 3 is 1.89 bits per heavy atom. The van der Waals surface area contributed by atoms with Gasteiger partial charge in [0.05, 0.1) is 6.61 Å². The fourth-order valence-electron chi connectivity index (χ4n) is 1.84. The second kappa shape index (κ2) is 8.31. The summed E-state index contributed by atoms with van der Waals surface area (Å²) in [6, 6.07) is 9.02. The fraction of sp³-hybridized carbons (Fsp3) is 0.647. The highest BCUT2D eigenvalue weighted by Crippen LogP contribution is 2.11. The third-order valence-electron chi connectivity index (χ3n) is 3.02. The van der Waals surface area contributed by atoms with E-state index in [0.29, 0.717) is 5.92 Å². The molecule has 0 radical (unpaired) electrons. The highest BCUT2D eigenvalue weighted by Gasteiger charge is 1.99. The Balaban J connectivity index is 2.27. The van der Waals surface area contributed by atoms with Crippen LogP contribution in [0, 0.1) is 11.8 Å². The van der Waals surface area contributed by atoms with Crippen LogP contribution in [0.2, 0.25) is 0 Å². The highest BCUT2D eigenvalue weighted by molar-refractivity contribution is 5.22. The van der Waals surface area contributed by atoms with Crippen LogP contribution < -0.4 is 0 Å². The summed E-state index contributed by atoms with van der Waals surface area (Å²) < 4.78 is 5.61. The first-order valence-electron chi connectivity index (χ1n) is 7.23. The number of aryl methyl sites for hydroxylation is 1. The topological polar surface area (TPSA) is 9.23 Å². The average molecular weight is 248 g/mol. The first-order valence-corrected chi connectivity index (χ1v) is 7.23. The molecular formula is C17H28O. The van der Waals surface area contributed by atoms with E-state index < -0.39 is 0 Å². The molecule has 1 heteroatoms. The zero-order valence-corrected chi connectivity index (χ0v) is 12.4. The van der Waals surface area contributed by atoms with E-state index in [1.165, 1.54) is 24.0 Å². The Hall–Kier alpha value is -0.820. The van der Waals surface area contributed by atoms with Crippen LogP contribution >= 0.6 is 0 Å². The van der Waals surface area contributed by atoms with E-state index in [0.717, 1.165) is 25.6 Å². The first kappa shape index (κ1) is 15.2. The number of ether oxygens (including phenoxy) is 1. The molecule has 0 bridgehead atoms. The van der Waals surface area contributed by atoms with Crippen molar-refractivity contribution >= 4 is 0 Å². The monoisotopic (exact) mass is 248 g/mol. The van der Waals surface area contributed by atoms with Gasteiger partial charge in [0.25, 0.3) is 0 Å². The molecule has 1 aromatic carbocycles. The van der Waals surface area contributed by atoms with Crippen molar-refractivity contribution in [1.82, 2.24) is 0 Å². The summed E-state index contributed by atoms with van der Waals surface area (Å²) in [4.78, 5) is 0. The van der Waals surface area contributed by atoms with Crippen molar-refractivity contribution < 1.29 is 4.74 Å². The van der Waals surface area contributed by atoms with Gasteiger partial charge in [-0.25, -0.2) is 0 Å². The van der Waals surface area contributed by atoms with Gasteiger partial charge in [-0.05, 0) is 42.2 Å². The molecule has 0 aliphatic heterocycles. The zero-order valence-electron chi connectivity index (χ0n) is 12.4. The molecule has 0 aliphatic rings. The lowest BCUT2D eigenvalue weighted by Gasteiger charge is -2.08. The van der Waals surface area contributed by atoms with E-state index in [2.05, 4.69) is 52.0 Å². The van der Waals surface area contributed by atoms with Crippen LogP contribution in [0.4, 0.5) is 0 Å². The van der Waals surface area contributed by atoms with Gasteiger partial charge in [0.1, 0.15) is 0 Å². The number of hydrogen-bond donors (Lipinski definition) is 0. The SMILES string of the molecule is CC(C)CCc1ccc(CCOCC(C)C)cc1. The second-order valence-electron chi connectivity index (χ2n) is 5.97. The summed E-state index contributed by atoms with van der Waals surface area (Å²) in [5.41, 5.74) is 2.84. The molecule has 0 aliphatic carbocycles. The smallest absolute Gasteiger partial charge is 0.0506 e. The molecule has 1 aromatic rings. The van der Waals surface area contributed by atoms with Gasteiger partial charge in [-0.3, -0.25) is 0 Å². The lowest BCUT2D eigenvalue weighted by Crippen LogP contribution is -2.05. The molecule has 0 heterocycles. The summed E-state index contributed by atoms with van der Waals surface area (Å²) in [7, 11) is 0. The average Bonchev–Trinajstić information content (AvgIpc) is 2.33. The maximum Gasteiger partial charge on any atom is 0.0506 e. The van der Waals surface area contributed by atoms with Crippen molar-refractivity contribution in [2.45, 2.75) is 47.0 Å². The second-order valence-corrected chi connectivity index (χ2v) is 5.97. The van der Waals surface area contributed by atoms with Crippen LogP contribution in [0.5, 0.6) is 0 Å². The Kier molecular flexibility index (Phi) is 7.04. The van der Waals surface area contributed by atoms with Crippen molar-refractivity contribution in [3.8, 4) is 0 Å². The van der Waals surface area contributed by atoms with Gasteiger partial charge in [0.2, 0.25) is 0 Å². The van der Waals surface area contributed by atoms with Gasteiger partial charge in [-0.1, -0.05) is 52.0 Å². The lowest BCUT2D eigenvalue weighted by atomic mass is 10.0. The van der Waals surface area contributed by atoms with E-state index in [1.807, 2.05) is 0 Å². The van der Waals surface area contributed by atoms with Gasteiger partial charge in [-0.2, -0.15) is 0 Å². The van der Waals surface area contributed by atoms with Crippen LogP contribution in [-0.4, -0.2) is 13.2 Å². The van der Waals surface area contributed by atoms with Crippen LogP contribution in [0.25, 0.3) is 0 Å². The van der Waals surface area contributed by atoms with Crippen LogP contribution in [0.15, 0.2) is 24.3 Å². The molecule has 0 saturated heterocycles. The lowest BCUT2D eigenvalue weighted by molar-refractivity contribution is 0.112. The van der Waals surface area contributed by atoms with E-state index in [-0.39, 0.29) is 0 Å². The minimum atomic E-state index is 0.628. The summed E-state index contributed by atoms with van der Waals surface area (Å²) in [6.45, 7) is 10.6. The van der Waals surface area contributed by atoms with Gasteiger partial charge in [-0.15, -0.1) is 0 Å². The minimum Gasteiger partial charge on any atom is -0.381 e.